The third-order valence-electron chi connectivity index (χ3n) is 4.16. The predicted molar refractivity (Wildman–Crippen MR) is 85.2 cm³/mol. The number of alkyl halides is 3. The quantitative estimate of drug-likeness (QED) is 0.857. The minimum Gasteiger partial charge on any atom is -0.484 e. The lowest BCUT2D eigenvalue weighted by Gasteiger charge is -2.15. The summed E-state index contributed by atoms with van der Waals surface area (Å²) in [6.45, 7) is 1.66. The Hall–Kier alpha value is -2.51. The summed E-state index contributed by atoms with van der Waals surface area (Å²) in [6.07, 6.45) is -0.560. The molecule has 1 heterocycles. The number of anilines is 1. The van der Waals surface area contributed by atoms with E-state index in [4.69, 9.17) is 4.74 Å². The van der Waals surface area contributed by atoms with E-state index in [9.17, 15) is 18.0 Å². The van der Waals surface area contributed by atoms with Crippen LogP contribution in [0.3, 0.4) is 0 Å². The lowest BCUT2D eigenvalue weighted by atomic mass is 10.2. The van der Waals surface area contributed by atoms with Gasteiger partial charge in [-0.25, -0.2) is 4.68 Å². The standard InChI is InChI=1S/C17H18F3N3O2/c1-11(12-5-6-12)23-15(7-8-21-23)22-16(24)10-25-14-4-2-3-13(9-14)17(18,19)20/h2-4,7-9,11-12H,5-6,10H2,1H3,(H,22,24). The maximum atomic E-state index is 12.7. The molecule has 1 fully saturated rings. The second-order valence-corrected chi connectivity index (χ2v) is 6.10. The molecular weight excluding hydrogens is 335 g/mol. The van der Waals surface area contributed by atoms with Gasteiger partial charge in [0.05, 0.1) is 17.8 Å². The van der Waals surface area contributed by atoms with E-state index in [1.165, 1.54) is 12.1 Å². The van der Waals surface area contributed by atoms with Crippen LogP contribution in [0.15, 0.2) is 36.5 Å². The van der Waals surface area contributed by atoms with Crippen molar-refractivity contribution in [2.45, 2.75) is 32.0 Å². The molecule has 0 aliphatic heterocycles. The van der Waals surface area contributed by atoms with Crippen molar-refractivity contribution in [3.8, 4) is 5.75 Å². The Kier molecular flexibility index (Phi) is 4.69. The van der Waals surface area contributed by atoms with Crippen LogP contribution in [0.4, 0.5) is 19.0 Å². The maximum absolute atomic E-state index is 12.7. The molecule has 1 aliphatic rings. The van der Waals surface area contributed by atoms with Crippen LogP contribution in [-0.2, 0) is 11.0 Å². The van der Waals surface area contributed by atoms with Crippen LogP contribution in [0.25, 0.3) is 0 Å². The highest BCUT2D eigenvalue weighted by Crippen LogP contribution is 2.40. The summed E-state index contributed by atoms with van der Waals surface area (Å²) in [6, 6.07) is 6.30. The van der Waals surface area contributed by atoms with E-state index >= 15 is 0 Å². The predicted octanol–water partition coefficient (Wildman–Crippen LogP) is 3.89. The smallest absolute Gasteiger partial charge is 0.416 e. The van der Waals surface area contributed by atoms with E-state index in [-0.39, 0.29) is 18.4 Å². The Morgan fingerprint density at radius 2 is 2.16 bits per heavy atom. The van der Waals surface area contributed by atoms with E-state index in [2.05, 4.69) is 10.4 Å². The van der Waals surface area contributed by atoms with Crippen molar-refractivity contribution in [3.05, 3.63) is 42.1 Å². The van der Waals surface area contributed by atoms with Gasteiger partial charge >= 0.3 is 6.18 Å². The van der Waals surface area contributed by atoms with Gasteiger partial charge in [-0.15, -0.1) is 0 Å². The van der Waals surface area contributed by atoms with E-state index in [0.29, 0.717) is 11.7 Å². The van der Waals surface area contributed by atoms with Crippen LogP contribution in [0.1, 0.15) is 31.4 Å². The van der Waals surface area contributed by atoms with E-state index in [0.717, 1.165) is 25.0 Å². The van der Waals surface area contributed by atoms with Gasteiger partial charge in [-0.05, 0) is 43.9 Å². The normalized spacial score (nSPS) is 15.7. The molecule has 1 N–H and O–H groups in total. The fraction of sp³-hybridized carbons (Fsp3) is 0.412. The molecule has 134 valence electrons. The molecule has 8 heteroatoms. The Morgan fingerprint density at radius 3 is 2.84 bits per heavy atom. The van der Waals surface area contributed by atoms with E-state index in [1.807, 2.05) is 6.92 Å². The fourth-order valence-electron chi connectivity index (χ4n) is 2.61. The third kappa shape index (κ3) is 4.32. The molecular formula is C17H18F3N3O2. The van der Waals surface area contributed by atoms with Gasteiger partial charge in [-0.2, -0.15) is 18.3 Å². The summed E-state index contributed by atoms with van der Waals surface area (Å²) in [5.41, 5.74) is -0.818. The molecule has 1 unspecified atom stereocenters. The first-order valence-electron chi connectivity index (χ1n) is 7.98. The summed E-state index contributed by atoms with van der Waals surface area (Å²) in [4.78, 5) is 12.0. The molecule has 25 heavy (non-hydrogen) atoms. The Morgan fingerprint density at radius 1 is 1.40 bits per heavy atom. The van der Waals surface area contributed by atoms with Gasteiger partial charge in [-0.3, -0.25) is 4.79 Å². The van der Waals surface area contributed by atoms with Gasteiger partial charge in [0.15, 0.2) is 6.61 Å². The molecule has 2 aromatic rings. The van der Waals surface area contributed by atoms with Gasteiger partial charge in [-0.1, -0.05) is 6.07 Å². The number of benzene rings is 1. The largest absolute Gasteiger partial charge is 0.484 e. The molecule has 1 saturated carbocycles. The van der Waals surface area contributed by atoms with Crippen LogP contribution in [0.2, 0.25) is 0 Å². The first-order valence-corrected chi connectivity index (χ1v) is 7.98. The first kappa shape index (κ1) is 17.3. The fourth-order valence-corrected chi connectivity index (χ4v) is 2.61. The van der Waals surface area contributed by atoms with Crippen LogP contribution in [0, 0.1) is 5.92 Å². The maximum Gasteiger partial charge on any atom is 0.416 e. The van der Waals surface area contributed by atoms with Gasteiger partial charge in [0.1, 0.15) is 11.6 Å². The van der Waals surface area contributed by atoms with Crippen molar-refractivity contribution in [2.24, 2.45) is 5.92 Å². The highest BCUT2D eigenvalue weighted by atomic mass is 19.4. The Balaban J connectivity index is 1.58. The number of ether oxygens (including phenoxy) is 1. The van der Waals surface area contributed by atoms with Crippen LogP contribution in [-0.4, -0.2) is 22.3 Å². The first-order chi connectivity index (χ1) is 11.8. The minimum atomic E-state index is -4.45. The number of aromatic nitrogens is 2. The topological polar surface area (TPSA) is 56.2 Å². The molecule has 3 rings (SSSR count). The number of carbonyl (C=O) groups excluding carboxylic acids is 1. The van der Waals surface area contributed by atoms with Crippen LogP contribution in [0.5, 0.6) is 5.75 Å². The number of halogens is 3. The lowest BCUT2D eigenvalue weighted by Crippen LogP contribution is -2.23. The summed E-state index contributed by atoms with van der Waals surface area (Å²) >= 11 is 0. The monoisotopic (exact) mass is 353 g/mol. The molecule has 1 aromatic heterocycles. The molecule has 1 atom stereocenters. The number of hydrogen-bond acceptors (Lipinski definition) is 3. The second kappa shape index (κ2) is 6.78. The van der Waals surface area contributed by atoms with Gasteiger partial charge in [0.25, 0.3) is 5.91 Å². The zero-order valence-corrected chi connectivity index (χ0v) is 13.6. The average molecular weight is 353 g/mol. The molecule has 0 radical (unpaired) electrons. The number of amides is 1. The number of carbonyl (C=O) groups is 1. The zero-order chi connectivity index (χ0) is 18.0. The Labute approximate surface area is 142 Å². The number of rotatable bonds is 6. The number of hydrogen-bond donors (Lipinski definition) is 1. The van der Waals surface area contributed by atoms with Gasteiger partial charge in [0.2, 0.25) is 0 Å². The zero-order valence-electron chi connectivity index (χ0n) is 13.6. The molecule has 1 amide bonds. The highest BCUT2D eigenvalue weighted by Gasteiger charge is 2.31. The molecule has 5 nitrogen and oxygen atoms in total. The number of nitrogens with zero attached hydrogens (tertiary/aromatic N) is 2. The summed E-state index contributed by atoms with van der Waals surface area (Å²) in [5.74, 6) is 0.654. The minimum absolute atomic E-state index is 0.00942. The molecule has 0 bridgehead atoms. The number of nitrogens with one attached hydrogen (secondary N) is 1. The summed E-state index contributed by atoms with van der Waals surface area (Å²) < 4.78 is 44.9. The van der Waals surface area contributed by atoms with E-state index in [1.54, 1.807) is 16.9 Å². The van der Waals surface area contributed by atoms with Crippen LogP contribution >= 0.6 is 0 Å². The Bertz CT molecular complexity index is 754. The highest BCUT2D eigenvalue weighted by molar-refractivity contribution is 5.91. The average Bonchev–Trinajstić information content (AvgIpc) is 3.32. The van der Waals surface area contributed by atoms with Gasteiger partial charge < -0.3 is 10.1 Å². The van der Waals surface area contributed by atoms with Crippen molar-refractivity contribution in [3.63, 3.8) is 0 Å². The van der Waals surface area contributed by atoms with Crippen molar-refractivity contribution in [1.82, 2.24) is 9.78 Å². The van der Waals surface area contributed by atoms with Crippen molar-refractivity contribution >= 4 is 11.7 Å². The van der Waals surface area contributed by atoms with E-state index < -0.39 is 17.6 Å². The van der Waals surface area contributed by atoms with Gasteiger partial charge in [0, 0.05) is 6.07 Å². The second-order valence-electron chi connectivity index (χ2n) is 6.10. The summed E-state index contributed by atoms with van der Waals surface area (Å²) in [7, 11) is 0. The molecule has 0 spiro atoms. The van der Waals surface area contributed by atoms with Crippen molar-refractivity contribution < 1.29 is 22.7 Å². The molecule has 1 aliphatic carbocycles. The summed E-state index contributed by atoms with van der Waals surface area (Å²) in [5, 5.41) is 6.91. The molecule has 1 aromatic carbocycles. The van der Waals surface area contributed by atoms with Crippen molar-refractivity contribution in [1.29, 1.82) is 0 Å². The third-order valence-corrected chi connectivity index (χ3v) is 4.16. The van der Waals surface area contributed by atoms with Crippen molar-refractivity contribution in [2.75, 3.05) is 11.9 Å². The lowest BCUT2D eigenvalue weighted by molar-refractivity contribution is -0.137. The van der Waals surface area contributed by atoms with Crippen LogP contribution < -0.4 is 10.1 Å². The molecule has 0 saturated heterocycles. The SMILES string of the molecule is CC(C1CC1)n1nccc1NC(=O)COc1cccc(C(F)(F)F)c1.